The molecule has 20 heavy (non-hydrogen) atoms. The van der Waals surface area contributed by atoms with Gasteiger partial charge in [0.1, 0.15) is 0 Å². The molecular weight excluding hydrogens is 272 g/mol. The van der Waals surface area contributed by atoms with Crippen LogP contribution in [0.3, 0.4) is 0 Å². The third-order valence-electron chi connectivity index (χ3n) is 3.20. The van der Waals surface area contributed by atoms with E-state index < -0.39 is 10.0 Å². The predicted octanol–water partition coefficient (Wildman–Crippen LogP) is 2.83. The lowest BCUT2D eigenvalue weighted by Crippen LogP contribution is -2.16. The van der Waals surface area contributed by atoms with E-state index in [0.29, 0.717) is 11.4 Å². The molecule has 0 fully saturated rings. The molecular formula is C15H18N2O2S. The van der Waals surface area contributed by atoms with Crippen LogP contribution < -0.4 is 10.5 Å². The zero-order valence-corrected chi connectivity index (χ0v) is 12.4. The SMILES string of the molecule is Cc1ccc(NS(=O)(=O)Cc2ccccc2)c(C)c1N. The zero-order chi connectivity index (χ0) is 14.8. The first-order valence-corrected chi connectivity index (χ1v) is 7.94. The second-order valence-corrected chi connectivity index (χ2v) is 6.54. The molecule has 3 N–H and O–H groups in total. The monoisotopic (exact) mass is 290 g/mol. The van der Waals surface area contributed by atoms with Gasteiger partial charge in [-0.2, -0.15) is 0 Å². The van der Waals surface area contributed by atoms with Gasteiger partial charge in [0, 0.05) is 5.69 Å². The summed E-state index contributed by atoms with van der Waals surface area (Å²) in [6.45, 7) is 3.70. The molecule has 0 saturated carbocycles. The van der Waals surface area contributed by atoms with Gasteiger partial charge in [0.05, 0.1) is 11.4 Å². The van der Waals surface area contributed by atoms with E-state index in [2.05, 4.69) is 4.72 Å². The summed E-state index contributed by atoms with van der Waals surface area (Å²) in [6.07, 6.45) is 0. The van der Waals surface area contributed by atoms with E-state index in [-0.39, 0.29) is 5.75 Å². The molecule has 0 bridgehead atoms. The van der Waals surface area contributed by atoms with E-state index in [1.165, 1.54) is 0 Å². The second-order valence-electron chi connectivity index (χ2n) is 4.82. The lowest BCUT2D eigenvalue weighted by molar-refractivity contribution is 0.600. The summed E-state index contributed by atoms with van der Waals surface area (Å²) >= 11 is 0. The summed E-state index contributed by atoms with van der Waals surface area (Å²) in [6, 6.07) is 12.6. The number of aryl methyl sites for hydroxylation is 1. The smallest absolute Gasteiger partial charge is 0.236 e. The van der Waals surface area contributed by atoms with Gasteiger partial charge in [-0.1, -0.05) is 36.4 Å². The average molecular weight is 290 g/mol. The molecule has 2 aromatic rings. The number of hydrogen-bond acceptors (Lipinski definition) is 3. The number of benzene rings is 2. The Morgan fingerprint density at radius 1 is 1.05 bits per heavy atom. The fourth-order valence-electron chi connectivity index (χ4n) is 1.97. The minimum absolute atomic E-state index is 0.0545. The third kappa shape index (κ3) is 3.30. The highest BCUT2D eigenvalue weighted by Gasteiger charge is 2.14. The zero-order valence-electron chi connectivity index (χ0n) is 11.6. The van der Waals surface area contributed by atoms with Crippen molar-refractivity contribution in [2.45, 2.75) is 19.6 Å². The molecule has 0 aliphatic heterocycles. The van der Waals surface area contributed by atoms with E-state index in [1.54, 1.807) is 18.2 Å². The van der Waals surface area contributed by atoms with E-state index in [4.69, 9.17) is 5.73 Å². The molecule has 0 aromatic heterocycles. The number of nitrogens with two attached hydrogens (primary N) is 1. The van der Waals surface area contributed by atoms with Crippen LogP contribution in [0.15, 0.2) is 42.5 Å². The summed E-state index contributed by atoms with van der Waals surface area (Å²) in [5.74, 6) is -0.0545. The lowest BCUT2D eigenvalue weighted by atomic mass is 10.1. The largest absolute Gasteiger partial charge is 0.398 e. The number of hydrogen-bond donors (Lipinski definition) is 2. The van der Waals surface area contributed by atoms with Gasteiger partial charge >= 0.3 is 0 Å². The van der Waals surface area contributed by atoms with Crippen molar-refractivity contribution in [3.05, 3.63) is 59.2 Å². The molecule has 0 aliphatic rings. The maximum Gasteiger partial charge on any atom is 0.236 e. The van der Waals surface area contributed by atoms with Crippen molar-refractivity contribution in [3.8, 4) is 0 Å². The van der Waals surface area contributed by atoms with Gasteiger partial charge in [-0.15, -0.1) is 0 Å². The van der Waals surface area contributed by atoms with Crippen LogP contribution in [0.5, 0.6) is 0 Å². The molecule has 0 unspecified atom stereocenters. The maximum absolute atomic E-state index is 12.2. The minimum atomic E-state index is -3.45. The highest BCUT2D eigenvalue weighted by molar-refractivity contribution is 7.91. The summed E-state index contributed by atoms with van der Waals surface area (Å²) in [5.41, 5.74) is 9.50. The lowest BCUT2D eigenvalue weighted by Gasteiger charge is -2.13. The van der Waals surface area contributed by atoms with Gasteiger partial charge in [0.15, 0.2) is 0 Å². The minimum Gasteiger partial charge on any atom is -0.398 e. The Labute approximate surface area is 119 Å². The van der Waals surface area contributed by atoms with Gasteiger partial charge < -0.3 is 5.73 Å². The van der Waals surface area contributed by atoms with Crippen LogP contribution in [0.2, 0.25) is 0 Å². The summed E-state index contributed by atoms with van der Waals surface area (Å²) in [7, 11) is -3.45. The third-order valence-corrected chi connectivity index (χ3v) is 4.44. The van der Waals surface area contributed by atoms with Crippen molar-refractivity contribution in [2.24, 2.45) is 0 Å². The molecule has 0 spiro atoms. The molecule has 0 atom stereocenters. The maximum atomic E-state index is 12.2. The predicted molar refractivity (Wildman–Crippen MR) is 83.0 cm³/mol. The van der Waals surface area contributed by atoms with Crippen LogP contribution in [-0.4, -0.2) is 8.42 Å². The molecule has 5 heteroatoms. The Bertz CT molecular complexity index is 710. The normalized spacial score (nSPS) is 11.3. The molecule has 106 valence electrons. The Kier molecular flexibility index (Phi) is 3.99. The van der Waals surface area contributed by atoms with E-state index in [1.807, 2.05) is 38.1 Å². The molecule has 0 amide bonds. The summed E-state index contributed by atoms with van der Waals surface area (Å²) in [5, 5.41) is 0. The van der Waals surface area contributed by atoms with Crippen LogP contribution in [-0.2, 0) is 15.8 Å². The number of sulfonamides is 1. The Morgan fingerprint density at radius 2 is 1.70 bits per heavy atom. The summed E-state index contributed by atoms with van der Waals surface area (Å²) < 4.78 is 26.9. The number of rotatable bonds is 4. The fraction of sp³-hybridized carbons (Fsp3) is 0.200. The van der Waals surface area contributed by atoms with Crippen LogP contribution >= 0.6 is 0 Å². The molecule has 2 aromatic carbocycles. The first kappa shape index (κ1) is 14.4. The van der Waals surface area contributed by atoms with Gasteiger partial charge in [0.2, 0.25) is 10.0 Å². The van der Waals surface area contributed by atoms with Crippen LogP contribution in [0.25, 0.3) is 0 Å². The van der Waals surface area contributed by atoms with E-state index in [0.717, 1.165) is 16.7 Å². The van der Waals surface area contributed by atoms with Crippen molar-refractivity contribution in [1.82, 2.24) is 0 Å². The number of nitrogens with one attached hydrogen (secondary N) is 1. The first-order chi connectivity index (χ1) is 9.39. The van der Waals surface area contributed by atoms with Crippen LogP contribution in [0.1, 0.15) is 16.7 Å². The quantitative estimate of drug-likeness (QED) is 0.850. The van der Waals surface area contributed by atoms with E-state index >= 15 is 0 Å². The molecule has 4 nitrogen and oxygen atoms in total. The Balaban J connectivity index is 2.23. The number of anilines is 2. The van der Waals surface area contributed by atoms with Crippen molar-refractivity contribution in [2.75, 3.05) is 10.5 Å². The summed E-state index contributed by atoms with van der Waals surface area (Å²) in [4.78, 5) is 0. The Hall–Kier alpha value is -2.01. The van der Waals surface area contributed by atoms with Gasteiger partial charge in [-0.3, -0.25) is 4.72 Å². The highest BCUT2D eigenvalue weighted by atomic mass is 32.2. The second kappa shape index (κ2) is 5.54. The average Bonchev–Trinajstić information content (AvgIpc) is 2.40. The van der Waals surface area contributed by atoms with Crippen molar-refractivity contribution < 1.29 is 8.42 Å². The van der Waals surface area contributed by atoms with Crippen molar-refractivity contribution in [3.63, 3.8) is 0 Å². The molecule has 2 rings (SSSR count). The van der Waals surface area contributed by atoms with E-state index in [9.17, 15) is 8.42 Å². The standard InChI is InChI=1S/C15H18N2O2S/c1-11-8-9-14(12(2)15(11)16)17-20(18,19)10-13-6-4-3-5-7-13/h3-9,17H,10,16H2,1-2H3. The molecule has 0 aliphatic carbocycles. The molecule has 0 radical (unpaired) electrons. The fourth-order valence-corrected chi connectivity index (χ4v) is 3.23. The van der Waals surface area contributed by atoms with Crippen LogP contribution in [0, 0.1) is 13.8 Å². The molecule has 0 heterocycles. The van der Waals surface area contributed by atoms with Crippen LogP contribution in [0.4, 0.5) is 11.4 Å². The van der Waals surface area contributed by atoms with Gasteiger partial charge in [0.25, 0.3) is 0 Å². The topological polar surface area (TPSA) is 72.2 Å². The van der Waals surface area contributed by atoms with Gasteiger partial charge in [-0.05, 0) is 36.6 Å². The molecule has 0 saturated heterocycles. The highest BCUT2D eigenvalue weighted by Crippen LogP contribution is 2.25. The first-order valence-electron chi connectivity index (χ1n) is 6.29. The van der Waals surface area contributed by atoms with Gasteiger partial charge in [-0.25, -0.2) is 8.42 Å². The van der Waals surface area contributed by atoms with Crippen molar-refractivity contribution >= 4 is 21.4 Å². The Morgan fingerprint density at radius 3 is 2.35 bits per heavy atom. The number of nitrogen functional groups attached to an aromatic ring is 1. The van der Waals surface area contributed by atoms with Crippen molar-refractivity contribution in [1.29, 1.82) is 0 Å².